The van der Waals surface area contributed by atoms with Gasteiger partial charge in [0.25, 0.3) is 11.8 Å². The van der Waals surface area contributed by atoms with Crippen LogP contribution in [-0.2, 0) is 4.79 Å². The molecule has 0 bridgehead atoms. The number of hydrogen-bond donors (Lipinski definition) is 3. The molecule has 4 aromatic rings. The Kier molecular flexibility index (Phi) is 7.57. The van der Waals surface area contributed by atoms with Crippen LogP contribution in [0.3, 0.4) is 0 Å². The van der Waals surface area contributed by atoms with E-state index in [4.69, 9.17) is 33.0 Å². The summed E-state index contributed by atoms with van der Waals surface area (Å²) in [6.07, 6.45) is 0. The van der Waals surface area contributed by atoms with Crippen LogP contribution in [-0.4, -0.2) is 23.5 Å². The molecule has 0 fully saturated rings. The Hall–Kier alpha value is -3.88. The van der Waals surface area contributed by atoms with Crippen LogP contribution in [0.15, 0.2) is 65.1 Å². The molecule has 0 atom stereocenters. The molecule has 3 aromatic carbocycles. The van der Waals surface area contributed by atoms with E-state index in [0.29, 0.717) is 27.7 Å². The van der Waals surface area contributed by atoms with Gasteiger partial charge in [-0.15, -0.1) is 0 Å². The highest BCUT2D eigenvalue weighted by molar-refractivity contribution is 7.80. The maximum Gasteiger partial charge on any atom is 0.291 e. The van der Waals surface area contributed by atoms with E-state index in [1.807, 2.05) is 51.1 Å². The number of para-hydroxylation sites is 1. The molecule has 0 aliphatic rings. The lowest BCUT2D eigenvalue weighted by molar-refractivity contribution is -0.121. The van der Waals surface area contributed by atoms with Gasteiger partial charge in [0.2, 0.25) is 0 Å². The monoisotopic (exact) mass is 521 g/mol. The van der Waals surface area contributed by atoms with Crippen molar-refractivity contribution in [3.05, 3.63) is 88.1 Å². The quantitative estimate of drug-likeness (QED) is 0.263. The van der Waals surface area contributed by atoms with Crippen molar-refractivity contribution in [2.75, 3.05) is 17.2 Å². The Balaban J connectivity index is 1.30. The zero-order valence-corrected chi connectivity index (χ0v) is 21.5. The highest BCUT2D eigenvalue weighted by Crippen LogP contribution is 2.26. The van der Waals surface area contributed by atoms with Gasteiger partial charge in [0.05, 0.1) is 0 Å². The van der Waals surface area contributed by atoms with E-state index < -0.39 is 5.91 Å². The number of nitrogens with one attached hydrogen (secondary N) is 3. The highest BCUT2D eigenvalue weighted by Gasteiger charge is 2.14. The van der Waals surface area contributed by atoms with E-state index in [9.17, 15) is 9.59 Å². The smallest absolute Gasteiger partial charge is 0.291 e. The van der Waals surface area contributed by atoms with Crippen molar-refractivity contribution in [1.82, 2.24) is 5.32 Å². The summed E-state index contributed by atoms with van der Waals surface area (Å²) in [5.74, 6) is 0.0419. The van der Waals surface area contributed by atoms with Gasteiger partial charge < -0.3 is 19.8 Å². The standard InChI is InChI=1S/C27H24ClN3O4S/c1-15-10-19(8-9-21(15)30-26(33)23-13-18-6-4-5-7-22(18)35-23)29-27(36)31-24(32)14-34-20-11-16(2)25(28)17(3)12-20/h4-13H,14H2,1-3H3,(H,30,33)(H2,29,31,32,36). The van der Waals surface area contributed by atoms with Gasteiger partial charge in [-0.1, -0.05) is 29.8 Å². The third kappa shape index (κ3) is 6.02. The summed E-state index contributed by atoms with van der Waals surface area (Å²) in [4.78, 5) is 24.9. The minimum absolute atomic E-state index is 0.130. The molecule has 0 aliphatic heterocycles. The average Bonchev–Trinajstić information content (AvgIpc) is 3.27. The summed E-state index contributed by atoms with van der Waals surface area (Å²) >= 11 is 11.4. The van der Waals surface area contributed by atoms with Gasteiger partial charge in [-0.3, -0.25) is 14.9 Å². The van der Waals surface area contributed by atoms with Gasteiger partial charge in [-0.2, -0.15) is 0 Å². The molecule has 0 saturated carbocycles. The van der Waals surface area contributed by atoms with Crippen LogP contribution < -0.4 is 20.7 Å². The molecule has 0 saturated heterocycles. The van der Waals surface area contributed by atoms with Crippen molar-refractivity contribution >= 4 is 63.1 Å². The van der Waals surface area contributed by atoms with Crippen LogP contribution in [0.1, 0.15) is 27.2 Å². The molecular weight excluding hydrogens is 498 g/mol. The van der Waals surface area contributed by atoms with E-state index in [1.165, 1.54) is 0 Å². The molecule has 0 aliphatic carbocycles. The van der Waals surface area contributed by atoms with Crippen molar-refractivity contribution in [3.8, 4) is 5.75 Å². The Labute approximate surface area is 218 Å². The first-order chi connectivity index (χ1) is 17.2. The number of amides is 2. The number of benzene rings is 3. The molecule has 7 nitrogen and oxygen atoms in total. The summed E-state index contributed by atoms with van der Waals surface area (Å²) in [6, 6.07) is 18.0. The van der Waals surface area contributed by atoms with Crippen LogP contribution in [0.2, 0.25) is 5.02 Å². The second-order valence-corrected chi connectivity index (χ2v) is 9.08. The number of hydrogen-bond acceptors (Lipinski definition) is 5. The third-order valence-corrected chi connectivity index (χ3v) is 6.21. The van der Waals surface area contributed by atoms with E-state index >= 15 is 0 Å². The van der Waals surface area contributed by atoms with Gasteiger partial charge in [-0.25, -0.2) is 0 Å². The molecule has 1 aromatic heterocycles. The zero-order valence-electron chi connectivity index (χ0n) is 19.9. The number of carbonyl (C=O) groups excluding carboxylic acids is 2. The Morgan fingerprint density at radius 1 is 0.944 bits per heavy atom. The van der Waals surface area contributed by atoms with Crippen molar-refractivity contribution in [2.24, 2.45) is 0 Å². The van der Waals surface area contributed by atoms with Crippen LogP contribution in [0.4, 0.5) is 11.4 Å². The molecule has 0 radical (unpaired) electrons. The average molecular weight is 522 g/mol. The fourth-order valence-electron chi connectivity index (χ4n) is 3.62. The first-order valence-corrected chi connectivity index (χ1v) is 11.9. The number of ether oxygens (including phenoxy) is 1. The van der Waals surface area contributed by atoms with Gasteiger partial charge in [0.1, 0.15) is 11.3 Å². The maximum absolute atomic E-state index is 12.6. The maximum atomic E-state index is 12.6. The minimum atomic E-state index is -0.399. The molecule has 4 rings (SSSR count). The molecule has 0 spiro atoms. The first kappa shape index (κ1) is 25.2. The summed E-state index contributed by atoms with van der Waals surface area (Å²) in [5.41, 5.74) is 4.48. The summed E-state index contributed by atoms with van der Waals surface area (Å²) in [5, 5.41) is 10.1. The third-order valence-electron chi connectivity index (χ3n) is 5.41. The topological polar surface area (TPSA) is 92.6 Å². The van der Waals surface area contributed by atoms with Gasteiger partial charge in [0, 0.05) is 21.8 Å². The first-order valence-electron chi connectivity index (χ1n) is 11.1. The molecule has 0 unspecified atom stereocenters. The number of thiocarbonyl (C=S) groups is 1. The number of rotatable bonds is 6. The van der Waals surface area contributed by atoms with E-state index in [0.717, 1.165) is 22.1 Å². The normalized spacial score (nSPS) is 10.7. The summed E-state index contributed by atoms with van der Waals surface area (Å²) in [6.45, 7) is 5.40. The fourth-order valence-corrected chi connectivity index (χ4v) is 3.96. The minimum Gasteiger partial charge on any atom is -0.484 e. The summed E-state index contributed by atoms with van der Waals surface area (Å²) in [7, 11) is 0. The lowest BCUT2D eigenvalue weighted by Gasteiger charge is -2.13. The van der Waals surface area contributed by atoms with Gasteiger partial charge in [-0.05, 0) is 92.1 Å². The second-order valence-electron chi connectivity index (χ2n) is 8.29. The summed E-state index contributed by atoms with van der Waals surface area (Å²) < 4.78 is 11.2. The Morgan fingerprint density at radius 3 is 2.36 bits per heavy atom. The van der Waals surface area contributed by atoms with Gasteiger partial charge in [0.15, 0.2) is 17.5 Å². The van der Waals surface area contributed by atoms with Crippen LogP contribution in [0.5, 0.6) is 5.75 Å². The SMILES string of the molecule is Cc1cc(NC(=S)NC(=O)COc2cc(C)c(Cl)c(C)c2)ccc1NC(=O)c1cc2ccccc2o1. The lowest BCUT2D eigenvalue weighted by atomic mass is 10.1. The van der Waals surface area contributed by atoms with Gasteiger partial charge >= 0.3 is 0 Å². The number of anilines is 2. The Morgan fingerprint density at radius 2 is 1.67 bits per heavy atom. The number of fused-ring (bicyclic) bond motifs is 1. The van der Waals surface area contributed by atoms with Crippen molar-refractivity contribution in [2.45, 2.75) is 20.8 Å². The molecular formula is C27H24ClN3O4S. The number of halogens is 1. The van der Waals surface area contributed by atoms with E-state index in [1.54, 1.807) is 30.3 Å². The van der Waals surface area contributed by atoms with E-state index in [2.05, 4.69) is 16.0 Å². The van der Waals surface area contributed by atoms with Crippen LogP contribution >= 0.6 is 23.8 Å². The van der Waals surface area contributed by atoms with Crippen LogP contribution in [0.25, 0.3) is 11.0 Å². The number of furan rings is 1. The second kappa shape index (κ2) is 10.8. The predicted molar refractivity (Wildman–Crippen MR) is 146 cm³/mol. The highest BCUT2D eigenvalue weighted by atomic mass is 35.5. The van der Waals surface area contributed by atoms with Crippen molar-refractivity contribution in [1.29, 1.82) is 0 Å². The lowest BCUT2D eigenvalue weighted by Crippen LogP contribution is -2.37. The number of carbonyl (C=O) groups is 2. The van der Waals surface area contributed by atoms with Crippen molar-refractivity contribution < 1.29 is 18.7 Å². The molecule has 36 heavy (non-hydrogen) atoms. The fraction of sp³-hybridized carbons (Fsp3) is 0.148. The Bertz CT molecular complexity index is 1430. The largest absolute Gasteiger partial charge is 0.484 e. The molecule has 3 N–H and O–H groups in total. The molecule has 2 amide bonds. The molecule has 184 valence electrons. The van der Waals surface area contributed by atoms with Crippen molar-refractivity contribution in [3.63, 3.8) is 0 Å². The predicted octanol–water partition coefficient (Wildman–Crippen LogP) is 6.16. The van der Waals surface area contributed by atoms with Crippen LogP contribution in [0, 0.1) is 20.8 Å². The number of aryl methyl sites for hydroxylation is 3. The molecule has 1 heterocycles. The molecule has 9 heteroatoms. The van der Waals surface area contributed by atoms with E-state index in [-0.39, 0.29) is 23.4 Å². The zero-order chi connectivity index (χ0) is 25.8.